The van der Waals surface area contributed by atoms with Gasteiger partial charge in [-0.15, -0.1) is 0 Å². The van der Waals surface area contributed by atoms with Gasteiger partial charge in [0.05, 0.1) is 5.56 Å². The predicted molar refractivity (Wildman–Crippen MR) is 79.1 cm³/mol. The van der Waals surface area contributed by atoms with Gasteiger partial charge in [-0.05, 0) is 17.0 Å². The minimum absolute atomic E-state index is 0.114. The number of aromatic nitrogens is 1. The molecule has 0 bridgehead atoms. The van der Waals surface area contributed by atoms with Crippen LogP contribution in [0.2, 0.25) is 0 Å². The van der Waals surface area contributed by atoms with Crippen molar-refractivity contribution >= 4 is 5.82 Å². The van der Waals surface area contributed by atoms with Gasteiger partial charge >= 0.3 is 0 Å². The number of nitrogens with two attached hydrogens (primary N) is 1. The Kier molecular flexibility index (Phi) is 3.40. The van der Waals surface area contributed by atoms with E-state index in [-0.39, 0.29) is 5.41 Å². The number of hydrogen-bond acceptors (Lipinski definition) is 3. The largest absolute Gasteiger partial charge is 0.380 e. The van der Waals surface area contributed by atoms with E-state index >= 15 is 0 Å². The van der Waals surface area contributed by atoms with E-state index < -0.39 is 0 Å². The van der Waals surface area contributed by atoms with Crippen molar-refractivity contribution in [3.05, 3.63) is 35.6 Å². The molecule has 0 aliphatic rings. The van der Waals surface area contributed by atoms with Gasteiger partial charge in [0, 0.05) is 5.41 Å². The minimum atomic E-state index is -0.114. The van der Waals surface area contributed by atoms with Gasteiger partial charge < -0.3 is 10.3 Å². The van der Waals surface area contributed by atoms with Crippen molar-refractivity contribution in [3.8, 4) is 11.1 Å². The lowest BCUT2D eigenvalue weighted by Crippen LogP contribution is -2.11. The molecule has 2 aromatic rings. The summed E-state index contributed by atoms with van der Waals surface area (Å²) in [6, 6.07) is 8.46. The van der Waals surface area contributed by atoms with Gasteiger partial charge in [0.15, 0.2) is 11.6 Å². The van der Waals surface area contributed by atoms with Crippen molar-refractivity contribution in [1.29, 1.82) is 0 Å². The lowest BCUT2D eigenvalue weighted by Gasteiger charge is -2.16. The summed E-state index contributed by atoms with van der Waals surface area (Å²) >= 11 is 0. The van der Waals surface area contributed by atoms with Crippen LogP contribution in [0.15, 0.2) is 28.8 Å². The number of nitrogen functional groups attached to an aromatic ring is 1. The molecule has 0 aliphatic carbocycles. The Morgan fingerprint density at radius 1 is 1.11 bits per heavy atom. The van der Waals surface area contributed by atoms with Crippen LogP contribution in [0.25, 0.3) is 11.1 Å². The average molecular weight is 258 g/mol. The molecule has 1 aromatic carbocycles. The van der Waals surface area contributed by atoms with Crippen molar-refractivity contribution in [2.45, 2.75) is 46.0 Å². The first-order valence-electron chi connectivity index (χ1n) is 6.66. The Morgan fingerprint density at radius 2 is 1.68 bits per heavy atom. The number of rotatable bonds is 2. The molecule has 0 saturated carbocycles. The van der Waals surface area contributed by atoms with Gasteiger partial charge in [-0.3, -0.25) is 0 Å². The smallest absolute Gasteiger partial charge is 0.175 e. The summed E-state index contributed by atoms with van der Waals surface area (Å²) in [5.41, 5.74) is 9.15. The maximum Gasteiger partial charge on any atom is 0.175 e. The third-order valence-corrected chi connectivity index (χ3v) is 3.27. The maximum absolute atomic E-state index is 5.96. The van der Waals surface area contributed by atoms with Gasteiger partial charge in [0.2, 0.25) is 0 Å². The molecule has 0 unspecified atom stereocenters. The van der Waals surface area contributed by atoms with E-state index in [0.717, 1.165) is 16.9 Å². The number of hydrogen-bond donors (Lipinski definition) is 1. The van der Waals surface area contributed by atoms with E-state index in [0.29, 0.717) is 11.7 Å². The highest BCUT2D eigenvalue weighted by Crippen LogP contribution is 2.37. The molecular weight excluding hydrogens is 236 g/mol. The fourth-order valence-electron chi connectivity index (χ4n) is 2.13. The van der Waals surface area contributed by atoms with Gasteiger partial charge in [-0.1, -0.05) is 64.0 Å². The molecule has 102 valence electrons. The van der Waals surface area contributed by atoms with E-state index in [4.69, 9.17) is 10.3 Å². The molecule has 1 aromatic heterocycles. The zero-order valence-corrected chi connectivity index (χ0v) is 12.3. The molecule has 2 rings (SSSR count). The van der Waals surface area contributed by atoms with Gasteiger partial charge in [0.1, 0.15) is 0 Å². The Balaban J connectivity index is 2.50. The van der Waals surface area contributed by atoms with E-state index in [1.807, 2.05) is 0 Å². The Labute approximate surface area is 114 Å². The topological polar surface area (TPSA) is 52.0 Å². The molecule has 0 atom stereocenters. The van der Waals surface area contributed by atoms with E-state index in [2.05, 4.69) is 64.0 Å². The third kappa shape index (κ3) is 2.65. The Hall–Kier alpha value is -1.77. The van der Waals surface area contributed by atoms with Crippen molar-refractivity contribution in [3.63, 3.8) is 0 Å². The summed E-state index contributed by atoms with van der Waals surface area (Å²) < 4.78 is 5.42. The molecule has 0 amide bonds. The van der Waals surface area contributed by atoms with Gasteiger partial charge in [-0.25, -0.2) is 0 Å². The Morgan fingerprint density at radius 3 is 2.16 bits per heavy atom. The highest BCUT2D eigenvalue weighted by molar-refractivity contribution is 5.76. The van der Waals surface area contributed by atoms with Crippen LogP contribution in [0.1, 0.15) is 51.9 Å². The maximum atomic E-state index is 5.96. The van der Waals surface area contributed by atoms with Crippen molar-refractivity contribution in [1.82, 2.24) is 5.16 Å². The molecule has 0 radical (unpaired) electrons. The van der Waals surface area contributed by atoms with Crippen molar-refractivity contribution < 1.29 is 4.52 Å². The molecule has 3 nitrogen and oxygen atoms in total. The fourth-order valence-corrected chi connectivity index (χ4v) is 2.13. The number of anilines is 1. The van der Waals surface area contributed by atoms with Gasteiger partial charge in [0.25, 0.3) is 0 Å². The molecule has 0 fully saturated rings. The van der Waals surface area contributed by atoms with Crippen LogP contribution >= 0.6 is 0 Å². The summed E-state index contributed by atoms with van der Waals surface area (Å²) in [6.07, 6.45) is 0. The number of nitrogens with zero attached hydrogens (tertiary/aromatic N) is 1. The van der Waals surface area contributed by atoms with E-state index in [1.54, 1.807) is 0 Å². The lowest BCUT2D eigenvalue weighted by atomic mass is 9.87. The highest BCUT2D eigenvalue weighted by atomic mass is 16.5. The van der Waals surface area contributed by atoms with Crippen molar-refractivity contribution in [2.75, 3.05) is 5.73 Å². The SMILES string of the molecule is CC(C)c1ccc(-c2c(N)noc2C(C)(C)C)cc1. The molecule has 0 spiro atoms. The monoisotopic (exact) mass is 258 g/mol. The van der Waals surface area contributed by atoms with Crippen LogP contribution in [-0.2, 0) is 5.41 Å². The Bertz CT molecular complexity index is 559. The summed E-state index contributed by atoms with van der Waals surface area (Å²) in [7, 11) is 0. The van der Waals surface area contributed by atoms with Crippen LogP contribution in [0.5, 0.6) is 0 Å². The minimum Gasteiger partial charge on any atom is -0.380 e. The van der Waals surface area contributed by atoms with Crippen LogP contribution < -0.4 is 5.73 Å². The second-order valence-electron chi connectivity index (χ2n) is 6.30. The molecular formula is C16H22N2O. The quantitative estimate of drug-likeness (QED) is 0.871. The standard InChI is InChI=1S/C16H22N2O/c1-10(2)11-6-8-12(9-7-11)13-14(16(3,4)5)19-18-15(13)17/h6-10H,1-5H3,(H2,17,18). The first kappa shape index (κ1) is 13.7. The fraction of sp³-hybridized carbons (Fsp3) is 0.438. The molecule has 19 heavy (non-hydrogen) atoms. The van der Waals surface area contributed by atoms with Gasteiger partial charge in [-0.2, -0.15) is 0 Å². The lowest BCUT2D eigenvalue weighted by molar-refractivity contribution is 0.332. The molecule has 0 aliphatic heterocycles. The normalized spacial score (nSPS) is 12.1. The third-order valence-electron chi connectivity index (χ3n) is 3.27. The van der Waals surface area contributed by atoms with Crippen LogP contribution in [-0.4, -0.2) is 5.16 Å². The van der Waals surface area contributed by atoms with E-state index in [9.17, 15) is 0 Å². The second kappa shape index (κ2) is 4.72. The highest BCUT2D eigenvalue weighted by Gasteiger charge is 2.26. The average Bonchev–Trinajstić information content (AvgIpc) is 2.71. The molecule has 3 heteroatoms. The van der Waals surface area contributed by atoms with E-state index in [1.165, 1.54) is 5.56 Å². The van der Waals surface area contributed by atoms with Crippen LogP contribution in [0.3, 0.4) is 0 Å². The summed E-state index contributed by atoms with van der Waals surface area (Å²) in [5, 5.41) is 3.92. The zero-order chi connectivity index (χ0) is 14.2. The van der Waals surface area contributed by atoms with Crippen molar-refractivity contribution in [2.24, 2.45) is 0 Å². The predicted octanol–water partition coefficient (Wildman–Crippen LogP) is 4.34. The molecule has 2 N–H and O–H groups in total. The second-order valence-corrected chi connectivity index (χ2v) is 6.30. The first-order valence-corrected chi connectivity index (χ1v) is 6.66. The number of benzene rings is 1. The summed E-state index contributed by atoms with van der Waals surface area (Å²) in [4.78, 5) is 0. The first-order chi connectivity index (χ1) is 8.80. The zero-order valence-electron chi connectivity index (χ0n) is 12.3. The van der Waals surface area contributed by atoms with Crippen LogP contribution in [0, 0.1) is 0 Å². The molecule has 1 heterocycles. The summed E-state index contributed by atoms with van der Waals surface area (Å²) in [5.74, 6) is 1.82. The summed E-state index contributed by atoms with van der Waals surface area (Å²) in [6.45, 7) is 10.7. The van der Waals surface area contributed by atoms with Crippen LogP contribution in [0.4, 0.5) is 5.82 Å². The molecule has 0 saturated heterocycles.